The molecule has 0 radical (unpaired) electrons. The Hall–Kier alpha value is -2.31. The highest BCUT2D eigenvalue weighted by Gasteiger charge is 2.46. The van der Waals surface area contributed by atoms with Gasteiger partial charge in [-0.1, -0.05) is 29.8 Å². The third kappa shape index (κ3) is 3.42. The summed E-state index contributed by atoms with van der Waals surface area (Å²) < 4.78 is 48.7. The smallest absolute Gasteiger partial charge is 0.358 e. The Morgan fingerprint density at radius 1 is 1.10 bits per heavy atom. The first-order chi connectivity index (χ1) is 14.1. The van der Waals surface area contributed by atoms with Gasteiger partial charge in [0.2, 0.25) is 0 Å². The summed E-state index contributed by atoms with van der Waals surface area (Å²) in [5.41, 5.74) is 3.46. The van der Waals surface area contributed by atoms with Gasteiger partial charge in [0.25, 0.3) is 0 Å². The fourth-order valence-electron chi connectivity index (χ4n) is 4.15. The lowest BCUT2D eigenvalue weighted by atomic mass is 9.93. The highest BCUT2D eigenvalue weighted by Crippen LogP contribution is 2.46. The molecule has 0 N–H and O–H groups in total. The number of rotatable bonds is 1. The molecule has 4 rings (SSSR count). The Labute approximate surface area is 178 Å². The van der Waals surface area contributed by atoms with Crippen molar-refractivity contribution in [3.8, 4) is 0 Å². The largest absolute Gasteiger partial charge is 0.431 e. The third-order valence-electron chi connectivity index (χ3n) is 5.75. The minimum Gasteiger partial charge on any atom is -0.358 e. The van der Waals surface area contributed by atoms with Crippen LogP contribution in [0.3, 0.4) is 0 Å². The van der Waals surface area contributed by atoms with E-state index in [4.69, 9.17) is 16.3 Å². The van der Waals surface area contributed by atoms with E-state index in [-0.39, 0.29) is 18.0 Å². The summed E-state index contributed by atoms with van der Waals surface area (Å²) >= 11 is 6.28. The molecule has 3 nitrogen and oxygen atoms in total. The third-order valence-corrected chi connectivity index (χ3v) is 5.98. The molecular formula is C23H22ClF3N2O. The van der Waals surface area contributed by atoms with E-state index in [1.54, 1.807) is 25.1 Å². The van der Waals surface area contributed by atoms with Crippen LogP contribution in [0, 0.1) is 13.8 Å². The number of ether oxygens (including phenoxy) is 1. The van der Waals surface area contributed by atoms with E-state index in [0.29, 0.717) is 16.3 Å². The maximum absolute atomic E-state index is 14.1. The first kappa shape index (κ1) is 20.9. The zero-order chi connectivity index (χ0) is 21.8. The molecular weight excluding hydrogens is 413 g/mol. The standard InChI is InChI=1S/C23H22ClF3N2O/c1-12-6-5-7-17(14(12)3)20-18-10-16(24)8-9-19(18)29-21(23(25,26)27)13(2)11-28-22(29)15(4)30-20/h5-10,15,20H,11H2,1-4H3/t15?,20-/m1/s1. The summed E-state index contributed by atoms with van der Waals surface area (Å²) in [7, 11) is 0. The molecule has 1 unspecified atom stereocenters. The van der Waals surface area contributed by atoms with Gasteiger partial charge in [-0.3, -0.25) is 9.89 Å². The summed E-state index contributed by atoms with van der Waals surface area (Å²) in [6.07, 6.45) is -5.75. The van der Waals surface area contributed by atoms with Gasteiger partial charge in [-0.15, -0.1) is 0 Å². The molecule has 7 heteroatoms. The molecule has 0 fully saturated rings. The average molecular weight is 435 g/mol. The van der Waals surface area contributed by atoms with E-state index in [1.807, 2.05) is 32.0 Å². The van der Waals surface area contributed by atoms with Gasteiger partial charge in [0.15, 0.2) is 0 Å². The number of hydrogen-bond acceptors (Lipinski definition) is 3. The fraction of sp³-hybridized carbons (Fsp3) is 0.348. The van der Waals surface area contributed by atoms with E-state index in [1.165, 1.54) is 11.8 Å². The number of aryl methyl sites for hydroxylation is 1. The molecule has 2 aliphatic heterocycles. The topological polar surface area (TPSA) is 24.8 Å². The van der Waals surface area contributed by atoms with Gasteiger partial charge >= 0.3 is 6.18 Å². The average Bonchev–Trinajstić information content (AvgIpc) is 2.78. The van der Waals surface area contributed by atoms with Crippen LogP contribution in [0.25, 0.3) is 0 Å². The van der Waals surface area contributed by atoms with Gasteiger partial charge in [0.05, 0.1) is 12.2 Å². The Kier molecular flexibility index (Phi) is 5.19. The summed E-state index contributed by atoms with van der Waals surface area (Å²) in [6, 6.07) is 10.8. The number of aliphatic imine (C=N–C) groups is 1. The second-order valence-corrected chi connectivity index (χ2v) is 8.22. The predicted octanol–water partition coefficient (Wildman–Crippen LogP) is 6.52. The van der Waals surface area contributed by atoms with E-state index in [2.05, 4.69) is 4.99 Å². The van der Waals surface area contributed by atoms with Gasteiger partial charge in [0.1, 0.15) is 23.7 Å². The molecule has 2 atom stereocenters. The quantitative estimate of drug-likeness (QED) is 0.510. The maximum atomic E-state index is 14.1. The van der Waals surface area contributed by atoms with Gasteiger partial charge in [-0.2, -0.15) is 13.2 Å². The second kappa shape index (κ2) is 7.43. The number of benzene rings is 2. The van der Waals surface area contributed by atoms with Crippen molar-refractivity contribution in [1.29, 1.82) is 0 Å². The molecule has 0 bridgehead atoms. The number of amidine groups is 1. The summed E-state index contributed by atoms with van der Waals surface area (Å²) in [6.45, 7) is 7.19. The normalized spacial score (nSPS) is 21.7. The molecule has 158 valence electrons. The summed E-state index contributed by atoms with van der Waals surface area (Å²) in [4.78, 5) is 5.66. The number of nitrogens with zero attached hydrogens (tertiary/aromatic N) is 2. The molecule has 2 aliphatic rings. The van der Waals surface area contributed by atoms with Crippen molar-refractivity contribution in [2.24, 2.45) is 4.99 Å². The van der Waals surface area contributed by atoms with Crippen LogP contribution in [-0.4, -0.2) is 24.7 Å². The minimum absolute atomic E-state index is 0.00849. The van der Waals surface area contributed by atoms with Crippen molar-refractivity contribution in [2.45, 2.75) is 46.1 Å². The van der Waals surface area contributed by atoms with Gasteiger partial charge in [-0.05, 0) is 68.2 Å². The van der Waals surface area contributed by atoms with E-state index in [0.717, 1.165) is 16.7 Å². The van der Waals surface area contributed by atoms with E-state index < -0.39 is 24.1 Å². The van der Waals surface area contributed by atoms with Crippen LogP contribution in [0.4, 0.5) is 18.9 Å². The predicted molar refractivity (Wildman–Crippen MR) is 113 cm³/mol. The van der Waals surface area contributed by atoms with Crippen LogP contribution in [0.15, 0.2) is 52.7 Å². The van der Waals surface area contributed by atoms with Gasteiger partial charge < -0.3 is 4.74 Å². The summed E-state index contributed by atoms with van der Waals surface area (Å²) in [5.74, 6) is 0.254. The Balaban J connectivity index is 2.00. The lowest BCUT2D eigenvalue weighted by Crippen LogP contribution is -2.45. The first-order valence-corrected chi connectivity index (χ1v) is 10.1. The van der Waals surface area contributed by atoms with Crippen molar-refractivity contribution in [3.63, 3.8) is 0 Å². The van der Waals surface area contributed by atoms with E-state index >= 15 is 0 Å². The maximum Gasteiger partial charge on any atom is 0.431 e. The molecule has 0 amide bonds. The van der Waals surface area contributed by atoms with Crippen LogP contribution in [0.2, 0.25) is 5.02 Å². The number of hydrogen-bond donors (Lipinski definition) is 0. The molecule has 2 aromatic rings. The van der Waals surface area contributed by atoms with Crippen LogP contribution < -0.4 is 4.90 Å². The lowest BCUT2D eigenvalue weighted by molar-refractivity contribution is -0.0933. The minimum atomic E-state index is -4.53. The Bertz CT molecular complexity index is 1070. The zero-order valence-electron chi connectivity index (χ0n) is 17.1. The van der Waals surface area contributed by atoms with Crippen molar-refractivity contribution >= 4 is 23.1 Å². The number of halogens is 4. The SMILES string of the molecule is CC1=C(C(F)(F)F)N2C(=NC1)C(C)O[C@H](c1cccc(C)c1C)c1cc(Cl)ccc12. The van der Waals surface area contributed by atoms with Crippen LogP contribution in [-0.2, 0) is 4.74 Å². The molecule has 0 spiro atoms. The Morgan fingerprint density at radius 3 is 2.53 bits per heavy atom. The molecule has 2 aromatic carbocycles. The van der Waals surface area contributed by atoms with Crippen LogP contribution in [0.5, 0.6) is 0 Å². The first-order valence-electron chi connectivity index (χ1n) is 9.72. The molecule has 30 heavy (non-hydrogen) atoms. The van der Waals surface area contributed by atoms with Crippen molar-refractivity contribution < 1.29 is 17.9 Å². The van der Waals surface area contributed by atoms with Crippen molar-refractivity contribution in [3.05, 3.63) is 74.9 Å². The highest BCUT2D eigenvalue weighted by molar-refractivity contribution is 6.30. The van der Waals surface area contributed by atoms with Gasteiger partial charge in [-0.25, -0.2) is 0 Å². The van der Waals surface area contributed by atoms with Crippen molar-refractivity contribution in [2.75, 3.05) is 11.4 Å². The van der Waals surface area contributed by atoms with Gasteiger partial charge in [0, 0.05) is 10.6 Å². The number of fused-ring (bicyclic) bond motifs is 3. The molecule has 2 heterocycles. The van der Waals surface area contributed by atoms with Crippen LogP contribution >= 0.6 is 11.6 Å². The Morgan fingerprint density at radius 2 is 1.83 bits per heavy atom. The van der Waals surface area contributed by atoms with Crippen LogP contribution in [0.1, 0.15) is 42.2 Å². The number of alkyl halides is 3. The zero-order valence-corrected chi connectivity index (χ0v) is 17.9. The monoisotopic (exact) mass is 434 g/mol. The fourth-order valence-corrected chi connectivity index (χ4v) is 4.33. The number of allylic oxidation sites excluding steroid dienone is 1. The summed E-state index contributed by atoms with van der Waals surface area (Å²) in [5, 5.41) is 0.437. The molecule has 0 aromatic heterocycles. The molecule has 0 saturated carbocycles. The number of anilines is 1. The van der Waals surface area contributed by atoms with Crippen molar-refractivity contribution in [1.82, 2.24) is 0 Å². The highest BCUT2D eigenvalue weighted by atomic mass is 35.5. The molecule has 0 aliphatic carbocycles. The second-order valence-electron chi connectivity index (χ2n) is 7.79. The molecule has 0 saturated heterocycles. The lowest BCUT2D eigenvalue weighted by Gasteiger charge is -2.35. The van der Waals surface area contributed by atoms with E-state index in [9.17, 15) is 13.2 Å².